The first-order chi connectivity index (χ1) is 8.45. The van der Waals surface area contributed by atoms with Gasteiger partial charge in [0.1, 0.15) is 5.69 Å². The van der Waals surface area contributed by atoms with Crippen molar-refractivity contribution in [2.24, 2.45) is 0 Å². The van der Waals surface area contributed by atoms with Crippen molar-refractivity contribution in [3.63, 3.8) is 0 Å². The fourth-order valence-corrected chi connectivity index (χ4v) is 2.33. The summed E-state index contributed by atoms with van der Waals surface area (Å²) in [5, 5.41) is 2.97. The van der Waals surface area contributed by atoms with Crippen molar-refractivity contribution in [1.29, 1.82) is 0 Å². The molecule has 2 aromatic heterocycles. The molecule has 0 unspecified atom stereocenters. The average molecular weight is 293 g/mol. The average Bonchev–Trinajstić information content (AvgIpc) is 2.72. The summed E-state index contributed by atoms with van der Waals surface area (Å²) < 4.78 is 37.5. The van der Waals surface area contributed by atoms with Crippen LogP contribution in [0.4, 0.5) is 18.9 Å². The van der Waals surface area contributed by atoms with Gasteiger partial charge in [-0.25, -0.2) is 4.98 Å². The number of nitrogens with zero attached hydrogens (tertiary/aromatic N) is 1. The molecule has 7 heteroatoms. The van der Waals surface area contributed by atoms with E-state index in [0.717, 1.165) is 17.1 Å². The summed E-state index contributed by atoms with van der Waals surface area (Å²) in [5.41, 5.74) is -0.361. The van der Waals surface area contributed by atoms with Crippen LogP contribution in [0.15, 0.2) is 30.5 Å². The van der Waals surface area contributed by atoms with Gasteiger partial charge in [-0.1, -0.05) is 11.6 Å². The van der Waals surface area contributed by atoms with Crippen LogP contribution in [-0.4, -0.2) is 4.98 Å². The van der Waals surface area contributed by atoms with Gasteiger partial charge in [-0.05, 0) is 24.3 Å². The second-order valence-corrected chi connectivity index (χ2v) is 5.29. The van der Waals surface area contributed by atoms with E-state index in [1.165, 1.54) is 17.4 Å². The van der Waals surface area contributed by atoms with Crippen LogP contribution in [0.5, 0.6) is 0 Å². The molecule has 0 saturated heterocycles. The number of aromatic nitrogens is 1. The highest BCUT2D eigenvalue weighted by atomic mass is 35.5. The molecule has 0 radical (unpaired) electrons. The third-order valence-corrected chi connectivity index (χ3v) is 3.38. The Morgan fingerprint density at radius 2 is 2.00 bits per heavy atom. The molecular formula is C11H8ClF3N2S. The van der Waals surface area contributed by atoms with Crippen molar-refractivity contribution >= 4 is 28.6 Å². The van der Waals surface area contributed by atoms with E-state index in [1.54, 1.807) is 6.07 Å². The van der Waals surface area contributed by atoms with Crippen LogP contribution in [0.1, 0.15) is 10.6 Å². The minimum Gasteiger partial charge on any atom is -0.379 e. The second-order valence-electron chi connectivity index (χ2n) is 3.49. The van der Waals surface area contributed by atoms with Crippen LogP contribution in [-0.2, 0) is 12.7 Å². The Kier molecular flexibility index (Phi) is 3.77. The number of rotatable bonds is 3. The predicted molar refractivity (Wildman–Crippen MR) is 65.9 cm³/mol. The monoisotopic (exact) mass is 292 g/mol. The maximum absolute atomic E-state index is 12.3. The molecule has 0 aromatic carbocycles. The van der Waals surface area contributed by atoms with Gasteiger partial charge in [-0.3, -0.25) is 0 Å². The highest BCUT2D eigenvalue weighted by molar-refractivity contribution is 7.16. The fourth-order valence-electron chi connectivity index (χ4n) is 1.30. The van der Waals surface area contributed by atoms with Crippen molar-refractivity contribution in [2.75, 3.05) is 5.32 Å². The lowest BCUT2D eigenvalue weighted by Crippen LogP contribution is -2.08. The van der Waals surface area contributed by atoms with Gasteiger partial charge < -0.3 is 5.32 Å². The summed E-state index contributed by atoms with van der Waals surface area (Å²) in [4.78, 5) is 4.36. The van der Waals surface area contributed by atoms with Gasteiger partial charge in [0.25, 0.3) is 0 Å². The Morgan fingerprint density at radius 3 is 2.50 bits per heavy atom. The topological polar surface area (TPSA) is 24.9 Å². The second kappa shape index (κ2) is 5.16. The van der Waals surface area contributed by atoms with Gasteiger partial charge in [-0.2, -0.15) is 13.2 Å². The highest BCUT2D eigenvalue weighted by Crippen LogP contribution is 2.28. The van der Waals surface area contributed by atoms with Crippen LogP contribution in [0.2, 0.25) is 4.34 Å². The van der Waals surface area contributed by atoms with E-state index in [1.807, 2.05) is 6.07 Å². The van der Waals surface area contributed by atoms with E-state index >= 15 is 0 Å². The quantitative estimate of drug-likeness (QED) is 0.905. The van der Waals surface area contributed by atoms with Crippen molar-refractivity contribution in [2.45, 2.75) is 12.7 Å². The summed E-state index contributed by atoms with van der Waals surface area (Å²) in [6.45, 7) is 0.504. The van der Waals surface area contributed by atoms with Gasteiger partial charge in [0.05, 0.1) is 16.2 Å². The normalized spacial score (nSPS) is 11.6. The Hall–Kier alpha value is -1.27. The lowest BCUT2D eigenvalue weighted by molar-refractivity contribution is -0.141. The molecule has 0 saturated carbocycles. The van der Waals surface area contributed by atoms with Crippen LogP contribution in [0.3, 0.4) is 0 Å². The van der Waals surface area contributed by atoms with Crippen molar-refractivity contribution in [1.82, 2.24) is 4.98 Å². The van der Waals surface area contributed by atoms with E-state index < -0.39 is 11.9 Å². The number of halogens is 4. The van der Waals surface area contributed by atoms with Crippen LogP contribution in [0, 0.1) is 0 Å². The maximum atomic E-state index is 12.3. The number of thiophene rings is 1. The summed E-state index contributed by atoms with van der Waals surface area (Å²) in [6.07, 6.45) is -3.24. The summed E-state index contributed by atoms with van der Waals surface area (Å²) >= 11 is 7.18. The van der Waals surface area contributed by atoms with Crippen molar-refractivity contribution < 1.29 is 13.2 Å². The summed E-state index contributed by atoms with van der Waals surface area (Å²) in [5.74, 6) is 0. The zero-order valence-corrected chi connectivity index (χ0v) is 10.5. The molecule has 0 spiro atoms. The van der Waals surface area contributed by atoms with E-state index in [-0.39, 0.29) is 0 Å². The molecule has 0 aliphatic heterocycles. The van der Waals surface area contributed by atoms with Gasteiger partial charge >= 0.3 is 6.18 Å². The number of anilines is 1. The first kappa shape index (κ1) is 13.2. The van der Waals surface area contributed by atoms with Gasteiger partial charge in [0, 0.05) is 11.4 Å². The summed E-state index contributed by atoms with van der Waals surface area (Å²) in [6, 6.07) is 5.93. The molecule has 1 N–H and O–H groups in total. The Bertz CT molecular complexity index is 522. The molecule has 0 atom stereocenters. The number of hydrogen-bond acceptors (Lipinski definition) is 3. The predicted octanol–water partition coefficient (Wildman–Crippen LogP) is 4.43. The Balaban J connectivity index is 1.98. The molecule has 18 heavy (non-hydrogen) atoms. The molecule has 2 nitrogen and oxygen atoms in total. The van der Waals surface area contributed by atoms with Gasteiger partial charge in [0.2, 0.25) is 0 Å². The minimum absolute atomic E-state index is 0.504. The third-order valence-electron chi connectivity index (χ3n) is 2.15. The van der Waals surface area contributed by atoms with Crippen LogP contribution in [0.25, 0.3) is 0 Å². The smallest absolute Gasteiger partial charge is 0.379 e. The molecular weight excluding hydrogens is 285 g/mol. The standard InChI is InChI=1S/C11H8ClF3N2S/c12-10-4-2-8(18-10)6-16-7-1-3-9(17-5-7)11(13,14)15/h1-5,16H,6H2. The molecule has 96 valence electrons. The summed E-state index contributed by atoms with van der Waals surface area (Å²) in [7, 11) is 0. The molecule has 2 aromatic rings. The van der Waals surface area contributed by atoms with Crippen LogP contribution < -0.4 is 5.32 Å². The fraction of sp³-hybridized carbons (Fsp3) is 0.182. The Labute approximate surface area is 110 Å². The number of nitrogens with one attached hydrogen (secondary N) is 1. The first-order valence-electron chi connectivity index (χ1n) is 4.96. The molecule has 0 aliphatic rings. The molecule has 2 heterocycles. The Morgan fingerprint density at radius 1 is 1.22 bits per heavy atom. The largest absolute Gasteiger partial charge is 0.433 e. The third kappa shape index (κ3) is 3.36. The molecule has 2 rings (SSSR count). The maximum Gasteiger partial charge on any atom is 0.433 e. The van der Waals surface area contributed by atoms with E-state index in [2.05, 4.69) is 10.3 Å². The van der Waals surface area contributed by atoms with E-state index in [9.17, 15) is 13.2 Å². The number of hydrogen-bond donors (Lipinski definition) is 1. The first-order valence-corrected chi connectivity index (χ1v) is 6.16. The van der Waals surface area contributed by atoms with E-state index in [0.29, 0.717) is 16.6 Å². The zero-order valence-electron chi connectivity index (χ0n) is 8.96. The SMILES string of the molecule is FC(F)(F)c1ccc(NCc2ccc(Cl)s2)cn1. The van der Waals surface area contributed by atoms with Crippen molar-refractivity contribution in [3.8, 4) is 0 Å². The van der Waals surface area contributed by atoms with E-state index in [4.69, 9.17) is 11.6 Å². The molecule has 0 aliphatic carbocycles. The van der Waals surface area contributed by atoms with Gasteiger partial charge in [-0.15, -0.1) is 11.3 Å². The molecule has 0 bridgehead atoms. The number of pyridine rings is 1. The minimum atomic E-state index is -4.40. The lowest BCUT2D eigenvalue weighted by Gasteiger charge is -2.07. The lowest BCUT2D eigenvalue weighted by atomic mass is 10.3. The highest BCUT2D eigenvalue weighted by Gasteiger charge is 2.31. The molecule has 0 fully saturated rings. The van der Waals surface area contributed by atoms with Gasteiger partial charge in [0.15, 0.2) is 0 Å². The van der Waals surface area contributed by atoms with Crippen LogP contribution >= 0.6 is 22.9 Å². The zero-order chi connectivity index (χ0) is 13.2. The number of alkyl halides is 3. The molecule has 0 amide bonds. The van der Waals surface area contributed by atoms with Crippen molar-refractivity contribution in [3.05, 3.63) is 45.4 Å².